The van der Waals surface area contributed by atoms with Crippen LogP contribution in [0.25, 0.3) is 11.3 Å². The van der Waals surface area contributed by atoms with E-state index in [1.807, 2.05) is 12.3 Å². The van der Waals surface area contributed by atoms with Crippen LogP contribution in [0, 0.1) is 0 Å². The smallest absolute Gasteiger partial charge is 0.295 e. The van der Waals surface area contributed by atoms with Crippen LogP contribution in [0.1, 0.15) is 29.7 Å². The van der Waals surface area contributed by atoms with E-state index in [4.69, 9.17) is 27.6 Å². The summed E-state index contributed by atoms with van der Waals surface area (Å²) in [5, 5.41) is 3.45. The predicted octanol–water partition coefficient (Wildman–Crippen LogP) is 5.98. The van der Waals surface area contributed by atoms with Crippen LogP contribution in [0.15, 0.2) is 69.3 Å². The van der Waals surface area contributed by atoms with Crippen LogP contribution in [-0.2, 0) is 6.54 Å². The van der Waals surface area contributed by atoms with Gasteiger partial charge in [-0.3, -0.25) is 14.5 Å². The summed E-state index contributed by atoms with van der Waals surface area (Å²) in [7, 11) is 0. The topological polar surface area (TPSA) is 68.3 Å². The molecule has 0 saturated heterocycles. The lowest BCUT2D eigenvalue weighted by Gasteiger charge is -2.17. The van der Waals surface area contributed by atoms with Crippen molar-refractivity contribution in [1.82, 2.24) is 9.55 Å². The minimum atomic E-state index is -0.290. The lowest BCUT2D eigenvalue weighted by atomic mass is 10.2. The number of benzene rings is 1. The molecule has 164 valence electrons. The number of anilines is 1. The van der Waals surface area contributed by atoms with Crippen LogP contribution >= 0.6 is 34.5 Å². The Morgan fingerprint density at radius 2 is 2.03 bits per heavy atom. The normalized spacial score (nSPS) is 11.0. The van der Waals surface area contributed by atoms with Crippen molar-refractivity contribution in [2.45, 2.75) is 19.9 Å². The van der Waals surface area contributed by atoms with Crippen molar-refractivity contribution in [3.8, 4) is 11.3 Å². The summed E-state index contributed by atoms with van der Waals surface area (Å²) in [6.45, 7) is 2.71. The zero-order chi connectivity index (χ0) is 22.7. The maximum Gasteiger partial charge on any atom is 0.295 e. The molecule has 0 bridgehead atoms. The van der Waals surface area contributed by atoms with Gasteiger partial charge >= 0.3 is 0 Å². The average Bonchev–Trinajstić information content (AvgIpc) is 3.43. The molecule has 0 N–H and O–H groups in total. The number of aromatic nitrogens is 2. The minimum absolute atomic E-state index is 0.138. The average molecular weight is 488 g/mol. The third-order valence-electron chi connectivity index (χ3n) is 4.72. The number of pyridine rings is 1. The first-order chi connectivity index (χ1) is 15.5. The Kier molecular flexibility index (Phi) is 6.79. The molecule has 0 saturated carbocycles. The highest BCUT2D eigenvalue weighted by atomic mass is 35.5. The van der Waals surface area contributed by atoms with Crippen molar-refractivity contribution in [3.05, 3.63) is 92.0 Å². The van der Waals surface area contributed by atoms with Crippen molar-refractivity contribution in [3.63, 3.8) is 0 Å². The van der Waals surface area contributed by atoms with Gasteiger partial charge in [0.05, 0.1) is 17.3 Å². The number of halogens is 2. The second-order valence-corrected chi connectivity index (χ2v) is 8.71. The van der Waals surface area contributed by atoms with Gasteiger partial charge in [0.15, 0.2) is 10.9 Å². The largest absolute Gasteiger partial charge is 0.454 e. The van der Waals surface area contributed by atoms with Crippen molar-refractivity contribution >= 4 is 45.6 Å². The number of amides is 1. The number of hydrogen-bond donors (Lipinski definition) is 0. The van der Waals surface area contributed by atoms with Gasteiger partial charge in [0.25, 0.3) is 11.5 Å². The Labute approximate surface area is 198 Å². The molecule has 32 heavy (non-hydrogen) atoms. The second-order valence-electron chi connectivity index (χ2n) is 7.03. The Balaban J connectivity index is 1.58. The predicted molar refractivity (Wildman–Crippen MR) is 128 cm³/mol. The number of hydrogen-bond acceptors (Lipinski definition) is 5. The molecule has 4 aromatic rings. The standard InChI is InChI=1S/C23H19Cl2N3O3S/c1-2-10-28(23-26-19(14-32-23)17-8-6-15(24)12-18(17)25)22(30)20-9-7-16(31-20)13-27-11-4-3-5-21(27)29/h3-9,11-12,14H,2,10,13H2,1H3. The SMILES string of the molecule is CCCN(C(=O)c1ccc(Cn2ccccc2=O)o1)c1nc(-c2ccc(Cl)cc2Cl)cs1. The molecular formula is C23H19Cl2N3O3S. The number of carbonyl (C=O) groups is 1. The Hall–Kier alpha value is -2.87. The molecule has 1 aromatic carbocycles. The van der Waals surface area contributed by atoms with Gasteiger partial charge in [0, 0.05) is 34.8 Å². The lowest BCUT2D eigenvalue weighted by Crippen LogP contribution is -2.31. The van der Waals surface area contributed by atoms with Gasteiger partial charge in [-0.1, -0.05) is 36.2 Å². The number of nitrogens with zero attached hydrogens (tertiary/aromatic N) is 3. The van der Waals surface area contributed by atoms with Gasteiger partial charge in [-0.05, 0) is 42.8 Å². The molecule has 9 heteroatoms. The molecule has 0 aliphatic rings. The molecule has 0 spiro atoms. The van der Waals surface area contributed by atoms with Crippen molar-refractivity contribution in [2.24, 2.45) is 0 Å². The highest BCUT2D eigenvalue weighted by Gasteiger charge is 2.23. The third-order valence-corrected chi connectivity index (χ3v) is 6.13. The molecule has 0 atom stereocenters. The molecule has 1 amide bonds. The molecule has 3 heterocycles. The number of furan rings is 1. The fourth-order valence-electron chi connectivity index (χ4n) is 3.19. The van der Waals surface area contributed by atoms with Crippen molar-refractivity contribution in [1.29, 1.82) is 0 Å². The monoisotopic (exact) mass is 487 g/mol. The molecule has 3 aromatic heterocycles. The van der Waals surface area contributed by atoms with Crippen LogP contribution in [0.3, 0.4) is 0 Å². The number of thiazole rings is 1. The van der Waals surface area contributed by atoms with Gasteiger partial charge in [-0.25, -0.2) is 4.98 Å². The molecular weight excluding hydrogens is 469 g/mol. The van der Waals surface area contributed by atoms with E-state index < -0.39 is 0 Å². The number of carbonyl (C=O) groups excluding carboxylic acids is 1. The molecule has 0 aliphatic heterocycles. The van der Waals surface area contributed by atoms with Gasteiger partial charge in [-0.2, -0.15) is 0 Å². The number of rotatable bonds is 7. The molecule has 0 unspecified atom stereocenters. The summed E-state index contributed by atoms with van der Waals surface area (Å²) in [5.41, 5.74) is 1.28. The third kappa shape index (κ3) is 4.80. The molecule has 0 fully saturated rings. The fourth-order valence-corrected chi connectivity index (χ4v) is 4.54. The molecule has 4 rings (SSSR count). The van der Waals surface area contributed by atoms with E-state index in [0.717, 1.165) is 12.0 Å². The Morgan fingerprint density at radius 1 is 1.19 bits per heavy atom. The fraction of sp³-hybridized carbons (Fsp3) is 0.174. The first-order valence-corrected chi connectivity index (χ1v) is 11.6. The summed E-state index contributed by atoms with van der Waals surface area (Å²) in [5.74, 6) is 0.422. The zero-order valence-corrected chi connectivity index (χ0v) is 19.5. The van der Waals surface area contributed by atoms with E-state index in [1.165, 1.54) is 22.0 Å². The molecule has 0 radical (unpaired) electrons. The zero-order valence-electron chi connectivity index (χ0n) is 17.1. The van der Waals surface area contributed by atoms with E-state index in [-0.39, 0.29) is 23.8 Å². The van der Waals surface area contributed by atoms with E-state index in [2.05, 4.69) is 4.98 Å². The van der Waals surface area contributed by atoms with Crippen molar-refractivity contribution in [2.75, 3.05) is 11.4 Å². The summed E-state index contributed by atoms with van der Waals surface area (Å²) in [4.78, 5) is 31.4. The summed E-state index contributed by atoms with van der Waals surface area (Å²) in [6, 6.07) is 13.5. The van der Waals surface area contributed by atoms with Gasteiger partial charge in [-0.15, -0.1) is 11.3 Å². The maximum atomic E-state index is 13.2. The van der Waals surface area contributed by atoms with Gasteiger partial charge in [0.2, 0.25) is 0 Å². The van der Waals surface area contributed by atoms with Gasteiger partial charge in [0.1, 0.15) is 5.76 Å². The lowest BCUT2D eigenvalue weighted by molar-refractivity contribution is 0.0958. The Bertz CT molecular complexity index is 1310. The minimum Gasteiger partial charge on any atom is -0.454 e. The van der Waals surface area contributed by atoms with Crippen LogP contribution in [0.5, 0.6) is 0 Å². The highest BCUT2D eigenvalue weighted by molar-refractivity contribution is 7.14. The van der Waals surface area contributed by atoms with Crippen molar-refractivity contribution < 1.29 is 9.21 Å². The summed E-state index contributed by atoms with van der Waals surface area (Å²) in [6.07, 6.45) is 2.42. The molecule has 6 nitrogen and oxygen atoms in total. The van der Waals surface area contributed by atoms with Crippen LogP contribution < -0.4 is 10.5 Å². The van der Waals surface area contributed by atoms with E-state index in [9.17, 15) is 9.59 Å². The van der Waals surface area contributed by atoms with Crippen LogP contribution in [0.4, 0.5) is 5.13 Å². The summed E-state index contributed by atoms with van der Waals surface area (Å²) >= 11 is 13.7. The van der Waals surface area contributed by atoms with E-state index >= 15 is 0 Å². The van der Waals surface area contributed by atoms with E-state index in [1.54, 1.807) is 53.6 Å². The van der Waals surface area contributed by atoms with Gasteiger partial charge < -0.3 is 8.98 Å². The second kappa shape index (κ2) is 9.73. The summed E-state index contributed by atoms with van der Waals surface area (Å²) < 4.78 is 7.28. The van der Waals surface area contributed by atoms with E-state index in [0.29, 0.717) is 33.2 Å². The van der Waals surface area contributed by atoms with Crippen LogP contribution in [0.2, 0.25) is 10.0 Å². The molecule has 0 aliphatic carbocycles. The first kappa shape index (κ1) is 22.3. The first-order valence-electron chi connectivity index (χ1n) is 9.93. The highest BCUT2D eigenvalue weighted by Crippen LogP contribution is 2.34. The Morgan fingerprint density at radius 3 is 2.78 bits per heavy atom. The maximum absolute atomic E-state index is 13.2. The quantitative estimate of drug-likeness (QED) is 0.321. The van der Waals surface area contributed by atoms with Crippen LogP contribution in [-0.4, -0.2) is 22.0 Å².